The zero-order valence-electron chi connectivity index (χ0n) is 11.2. The fourth-order valence-corrected chi connectivity index (χ4v) is 1.64. The van der Waals surface area contributed by atoms with E-state index in [1.54, 1.807) is 30.5 Å². The number of aromatic nitrogens is 3. The van der Waals surface area contributed by atoms with Crippen molar-refractivity contribution in [2.45, 2.75) is 13.5 Å². The van der Waals surface area contributed by atoms with Gasteiger partial charge in [0.2, 0.25) is 0 Å². The fourth-order valence-electron chi connectivity index (χ4n) is 1.64. The van der Waals surface area contributed by atoms with Gasteiger partial charge in [0, 0.05) is 12.2 Å². The second-order valence-electron chi connectivity index (χ2n) is 4.07. The third-order valence-corrected chi connectivity index (χ3v) is 2.55. The van der Waals surface area contributed by atoms with Crippen LogP contribution in [0.2, 0.25) is 0 Å². The Bertz CT molecular complexity index is 564. The van der Waals surface area contributed by atoms with Gasteiger partial charge < -0.3 is 15.8 Å². The van der Waals surface area contributed by atoms with Gasteiger partial charge in [-0.3, -0.25) is 9.48 Å². The summed E-state index contributed by atoms with van der Waals surface area (Å²) in [5, 5.41) is 10.4. The summed E-state index contributed by atoms with van der Waals surface area (Å²) in [4.78, 5) is 12.0. The third kappa shape index (κ3) is 3.55. The summed E-state index contributed by atoms with van der Waals surface area (Å²) in [6, 6.07) is 7.13. The van der Waals surface area contributed by atoms with Crippen molar-refractivity contribution < 1.29 is 9.53 Å². The highest BCUT2D eigenvalue weighted by Crippen LogP contribution is 2.16. The summed E-state index contributed by atoms with van der Waals surface area (Å²) >= 11 is 0. The number of anilines is 1. The van der Waals surface area contributed by atoms with Crippen molar-refractivity contribution in [1.82, 2.24) is 15.0 Å². The van der Waals surface area contributed by atoms with Gasteiger partial charge in [-0.05, 0) is 31.2 Å². The minimum atomic E-state index is -0.308. The average molecular weight is 275 g/mol. The number of hydrogen-bond donors (Lipinski definition) is 2. The monoisotopic (exact) mass is 275 g/mol. The molecule has 2 aromatic rings. The number of nitrogens with zero attached hydrogens (tertiary/aromatic N) is 3. The molecule has 7 heteroatoms. The molecular weight excluding hydrogens is 258 g/mol. The molecule has 7 nitrogen and oxygen atoms in total. The number of carbonyl (C=O) groups excluding carboxylic acids is 1. The van der Waals surface area contributed by atoms with E-state index in [1.807, 2.05) is 6.92 Å². The highest BCUT2D eigenvalue weighted by Gasteiger charge is 2.10. The lowest BCUT2D eigenvalue weighted by molar-refractivity contribution is 0.102. The topological polar surface area (TPSA) is 95.1 Å². The van der Waals surface area contributed by atoms with Gasteiger partial charge in [-0.15, -0.1) is 5.10 Å². The Morgan fingerprint density at radius 3 is 2.80 bits per heavy atom. The summed E-state index contributed by atoms with van der Waals surface area (Å²) in [6.45, 7) is 3.50. The number of amides is 1. The Labute approximate surface area is 116 Å². The Balaban J connectivity index is 1.99. The number of nitrogens with two attached hydrogens (primary N) is 1. The fraction of sp³-hybridized carbons (Fsp3) is 0.308. The van der Waals surface area contributed by atoms with Crippen molar-refractivity contribution in [3.05, 3.63) is 36.2 Å². The molecule has 3 N–H and O–H groups in total. The van der Waals surface area contributed by atoms with E-state index in [9.17, 15) is 4.79 Å². The minimum absolute atomic E-state index is 0.257. The van der Waals surface area contributed by atoms with Crippen LogP contribution in [0.25, 0.3) is 0 Å². The number of carbonyl (C=O) groups is 1. The van der Waals surface area contributed by atoms with E-state index in [4.69, 9.17) is 10.5 Å². The molecular formula is C13H17N5O2. The zero-order valence-corrected chi connectivity index (χ0v) is 11.2. The van der Waals surface area contributed by atoms with Crippen molar-refractivity contribution >= 4 is 11.6 Å². The summed E-state index contributed by atoms with van der Waals surface area (Å²) in [6.07, 6.45) is 1.57. The van der Waals surface area contributed by atoms with Crippen LogP contribution in [-0.2, 0) is 6.54 Å². The molecule has 0 saturated carbocycles. The molecule has 0 fully saturated rings. The van der Waals surface area contributed by atoms with Crippen molar-refractivity contribution in [3.8, 4) is 5.75 Å². The zero-order chi connectivity index (χ0) is 14.4. The molecule has 1 aromatic heterocycles. The first-order valence-corrected chi connectivity index (χ1v) is 6.37. The smallest absolute Gasteiger partial charge is 0.277 e. The molecule has 0 aliphatic heterocycles. The number of nitrogens with one attached hydrogen (secondary N) is 1. The molecule has 0 aliphatic rings. The quantitative estimate of drug-likeness (QED) is 0.816. The van der Waals surface area contributed by atoms with E-state index in [1.165, 1.54) is 4.68 Å². The largest absolute Gasteiger partial charge is 0.494 e. The van der Waals surface area contributed by atoms with Gasteiger partial charge in [0.05, 0.1) is 19.3 Å². The molecule has 0 atom stereocenters. The Hall–Kier alpha value is -2.41. The highest BCUT2D eigenvalue weighted by molar-refractivity contribution is 6.02. The molecule has 0 aliphatic carbocycles. The van der Waals surface area contributed by atoms with Crippen molar-refractivity contribution in [1.29, 1.82) is 0 Å². The standard InChI is InChI=1S/C13H17N5O2/c1-2-20-11-5-3-10(4-6-11)15-13(19)12-9-18(8-7-14)17-16-12/h3-6,9H,2,7-8,14H2,1H3,(H,15,19). The van der Waals surface area contributed by atoms with Gasteiger partial charge >= 0.3 is 0 Å². The lowest BCUT2D eigenvalue weighted by Crippen LogP contribution is -2.12. The second-order valence-corrected chi connectivity index (χ2v) is 4.07. The lowest BCUT2D eigenvalue weighted by Gasteiger charge is -2.05. The second kappa shape index (κ2) is 6.67. The van der Waals surface area contributed by atoms with Gasteiger partial charge in [-0.25, -0.2) is 0 Å². The van der Waals surface area contributed by atoms with Crippen molar-refractivity contribution in [3.63, 3.8) is 0 Å². The van der Waals surface area contributed by atoms with E-state index < -0.39 is 0 Å². The van der Waals surface area contributed by atoms with Crippen molar-refractivity contribution in [2.75, 3.05) is 18.5 Å². The van der Waals surface area contributed by atoms with Crippen LogP contribution >= 0.6 is 0 Å². The molecule has 0 unspecified atom stereocenters. The summed E-state index contributed by atoms with van der Waals surface area (Å²) in [7, 11) is 0. The Morgan fingerprint density at radius 1 is 1.40 bits per heavy atom. The number of benzene rings is 1. The van der Waals surface area contributed by atoms with Crippen LogP contribution in [0.5, 0.6) is 5.75 Å². The van der Waals surface area contributed by atoms with Crippen LogP contribution in [-0.4, -0.2) is 34.1 Å². The number of hydrogen-bond acceptors (Lipinski definition) is 5. The van der Waals surface area contributed by atoms with Crippen LogP contribution in [0.1, 0.15) is 17.4 Å². The maximum absolute atomic E-state index is 12.0. The number of ether oxygens (including phenoxy) is 1. The molecule has 1 heterocycles. The summed E-state index contributed by atoms with van der Waals surface area (Å²) < 4.78 is 6.87. The van der Waals surface area contributed by atoms with Crippen LogP contribution in [0.3, 0.4) is 0 Å². The van der Waals surface area contributed by atoms with Gasteiger partial charge in [0.15, 0.2) is 5.69 Å². The predicted octanol–water partition coefficient (Wildman–Crippen LogP) is 0.888. The van der Waals surface area contributed by atoms with E-state index in [2.05, 4.69) is 15.6 Å². The Morgan fingerprint density at radius 2 is 2.15 bits per heavy atom. The first-order chi connectivity index (χ1) is 9.72. The van der Waals surface area contributed by atoms with E-state index in [0.29, 0.717) is 25.4 Å². The van der Waals surface area contributed by atoms with Gasteiger partial charge in [-0.2, -0.15) is 0 Å². The van der Waals surface area contributed by atoms with Crippen LogP contribution in [0, 0.1) is 0 Å². The maximum atomic E-state index is 12.0. The van der Waals surface area contributed by atoms with Gasteiger partial charge in [-0.1, -0.05) is 5.21 Å². The predicted molar refractivity (Wildman–Crippen MR) is 74.6 cm³/mol. The first-order valence-electron chi connectivity index (χ1n) is 6.37. The summed E-state index contributed by atoms with van der Waals surface area (Å²) in [5.41, 5.74) is 6.34. The molecule has 0 bridgehead atoms. The number of rotatable bonds is 6. The van der Waals surface area contributed by atoms with E-state index in [-0.39, 0.29) is 11.6 Å². The molecule has 1 amide bonds. The molecule has 1 aromatic carbocycles. The molecule has 0 radical (unpaired) electrons. The van der Waals surface area contributed by atoms with Crippen LogP contribution in [0.4, 0.5) is 5.69 Å². The van der Waals surface area contributed by atoms with Gasteiger partial charge in [0.1, 0.15) is 5.75 Å². The van der Waals surface area contributed by atoms with Crippen LogP contribution in [0.15, 0.2) is 30.5 Å². The minimum Gasteiger partial charge on any atom is -0.494 e. The van der Waals surface area contributed by atoms with Crippen molar-refractivity contribution in [2.24, 2.45) is 5.73 Å². The van der Waals surface area contributed by atoms with Gasteiger partial charge in [0.25, 0.3) is 5.91 Å². The maximum Gasteiger partial charge on any atom is 0.277 e. The molecule has 0 saturated heterocycles. The SMILES string of the molecule is CCOc1ccc(NC(=O)c2cn(CCN)nn2)cc1. The Kier molecular flexibility index (Phi) is 4.67. The van der Waals surface area contributed by atoms with E-state index in [0.717, 1.165) is 5.75 Å². The lowest BCUT2D eigenvalue weighted by atomic mass is 10.3. The average Bonchev–Trinajstić information content (AvgIpc) is 2.90. The first kappa shape index (κ1) is 14.0. The molecule has 20 heavy (non-hydrogen) atoms. The third-order valence-electron chi connectivity index (χ3n) is 2.55. The van der Waals surface area contributed by atoms with Crippen LogP contribution < -0.4 is 15.8 Å². The molecule has 2 rings (SSSR count). The van der Waals surface area contributed by atoms with E-state index >= 15 is 0 Å². The normalized spacial score (nSPS) is 10.3. The molecule has 0 spiro atoms. The summed E-state index contributed by atoms with van der Waals surface area (Å²) in [5.74, 6) is 0.455. The highest BCUT2D eigenvalue weighted by atomic mass is 16.5. The molecule has 106 valence electrons.